The van der Waals surface area contributed by atoms with E-state index in [9.17, 15) is 4.79 Å². The minimum atomic E-state index is -0.151. The van der Waals surface area contributed by atoms with Crippen LogP contribution in [-0.2, 0) is 4.79 Å². The van der Waals surface area contributed by atoms with Gasteiger partial charge in [-0.25, -0.2) is 0 Å². The predicted molar refractivity (Wildman–Crippen MR) is 63.8 cm³/mol. The second kappa shape index (κ2) is 6.21. The summed E-state index contributed by atoms with van der Waals surface area (Å²) in [5.74, 6) is 0.190. The molecule has 0 aromatic carbocycles. The largest absolute Gasteiger partial charge is 0.394 e. The van der Waals surface area contributed by atoms with Crippen LogP contribution in [0.3, 0.4) is 0 Å². The van der Waals surface area contributed by atoms with Gasteiger partial charge >= 0.3 is 0 Å². The molecule has 3 atom stereocenters. The lowest BCUT2D eigenvalue weighted by Crippen LogP contribution is -2.49. The van der Waals surface area contributed by atoms with Gasteiger partial charge in [-0.1, -0.05) is 26.7 Å². The number of rotatable bonds is 4. The molecule has 0 aromatic rings. The van der Waals surface area contributed by atoms with Crippen molar-refractivity contribution < 1.29 is 9.90 Å². The first kappa shape index (κ1) is 13.5. The second-order valence-corrected chi connectivity index (χ2v) is 5.10. The Kier molecular flexibility index (Phi) is 5.22. The standard InChI is InChI=1S/C12H24N2O2/c1-8(2)11(7-15)14-12(16)9-5-3-4-6-10(9)13/h8-11,15H,3-7,13H2,1-2H3,(H,14,16). The summed E-state index contributed by atoms with van der Waals surface area (Å²) in [6.45, 7) is 3.97. The van der Waals surface area contributed by atoms with Crippen molar-refractivity contribution in [3.05, 3.63) is 0 Å². The number of hydrogen-bond donors (Lipinski definition) is 3. The number of carbonyl (C=O) groups excluding carboxylic acids is 1. The van der Waals surface area contributed by atoms with E-state index < -0.39 is 0 Å². The van der Waals surface area contributed by atoms with Gasteiger partial charge < -0.3 is 16.2 Å². The van der Waals surface area contributed by atoms with Crippen molar-refractivity contribution in [2.75, 3.05) is 6.61 Å². The first-order valence-electron chi connectivity index (χ1n) is 6.23. The van der Waals surface area contributed by atoms with E-state index in [0.29, 0.717) is 0 Å². The Balaban J connectivity index is 2.49. The monoisotopic (exact) mass is 228 g/mol. The third-order valence-electron chi connectivity index (χ3n) is 3.49. The van der Waals surface area contributed by atoms with Crippen LogP contribution in [0.1, 0.15) is 39.5 Å². The molecule has 1 saturated carbocycles. The molecule has 94 valence electrons. The van der Waals surface area contributed by atoms with Gasteiger partial charge in [-0.2, -0.15) is 0 Å². The van der Waals surface area contributed by atoms with E-state index >= 15 is 0 Å². The molecule has 1 aliphatic carbocycles. The molecule has 3 unspecified atom stereocenters. The van der Waals surface area contributed by atoms with Crippen LogP contribution in [0, 0.1) is 11.8 Å². The summed E-state index contributed by atoms with van der Waals surface area (Å²) < 4.78 is 0. The summed E-state index contributed by atoms with van der Waals surface area (Å²) in [4.78, 5) is 12.0. The third-order valence-corrected chi connectivity index (χ3v) is 3.49. The minimum Gasteiger partial charge on any atom is -0.394 e. The Morgan fingerprint density at radius 1 is 1.44 bits per heavy atom. The molecule has 0 heterocycles. The molecule has 1 fully saturated rings. The van der Waals surface area contributed by atoms with Crippen LogP contribution in [0.25, 0.3) is 0 Å². The fraction of sp³-hybridized carbons (Fsp3) is 0.917. The normalized spacial score (nSPS) is 27.8. The highest BCUT2D eigenvalue weighted by Gasteiger charge is 2.29. The number of carbonyl (C=O) groups is 1. The number of amides is 1. The van der Waals surface area contributed by atoms with Crippen LogP contribution < -0.4 is 11.1 Å². The van der Waals surface area contributed by atoms with E-state index in [1.165, 1.54) is 0 Å². The van der Waals surface area contributed by atoms with E-state index in [2.05, 4.69) is 5.32 Å². The number of hydrogen-bond acceptors (Lipinski definition) is 3. The zero-order valence-electron chi connectivity index (χ0n) is 10.3. The molecule has 1 amide bonds. The molecule has 4 nitrogen and oxygen atoms in total. The lowest BCUT2D eigenvalue weighted by Gasteiger charge is -2.30. The molecule has 1 rings (SSSR count). The molecule has 0 spiro atoms. The van der Waals surface area contributed by atoms with Gasteiger partial charge in [-0.15, -0.1) is 0 Å². The molecule has 0 aliphatic heterocycles. The number of aliphatic hydroxyl groups excluding tert-OH is 1. The first-order valence-corrected chi connectivity index (χ1v) is 6.23. The third kappa shape index (κ3) is 3.46. The van der Waals surface area contributed by atoms with Crippen LogP contribution >= 0.6 is 0 Å². The highest BCUT2D eigenvalue weighted by molar-refractivity contribution is 5.79. The average molecular weight is 228 g/mol. The molecule has 4 heteroatoms. The van der Waals surface area contributed by atoms with Crippen LogP contribution in [0.4, 0.5) is 0 Å². The van der Waals surface area contributed by atoms with Crippen molar-refractivity contribution in [3.63, 3.8) is 0 Å². The molecule has 0 bridgehead atoms. The summed E-state index contributed by atoms with van der Waals surface area (Å²) >= 11 is 0. The Bertz CT molecular complexity index is 231. The van der Waals surface area contributed by atoms with Crippen molar-refractivity contribution in [3.8, 4) is 0 Å². The van der Waals surface area contributed by atoms with Crippen molar-refractivity contribution >= 4 is 5.91 Å². The smallest absolute Gasteiger partial charge is 0.224 e. The zero-order chi connectivity index (χ0) is 12.1. The molecule has 0 saturated heterocycles. The van der Waals surface area contributed by atoms with Crippen molar-refractivity contribution in [1.29, 1.82) is 0 Å². The van der Waals surface area contributed by atoms with Crippen molar-refractivity contribution in [1.82, 2.24) is 5.32 Å². The molecule has 4 N–H and O–H groups in total. The summed E-state index contributed by atoms with van der Waals surface area (Å²) in [7, 11) is 0. The fourth-order valence-corrected chi connectivity index (χ4v) is 2.20. The van der Waals surface area contributed by atoms with Gasteiger partial charge in [0.2, 0.25) is 5.91 Å². The lowest BCUT2D eigenvalue weighted by atomic mass is 9.84. The number of aliphatic hydroxyl groups is 1. The molecule has 16 heavy (non-hydrogen) atoms. The Hall–Kier alpha value is -0.610. The van der Waals surface area contributed by atoms with E-state index in [4.69, 9.17) is 10.8 Å². The SMILES string of the molecule is CC(C)C(CO)NC(=O)C1CCCCC1N. The fourth-order valence-electron chi connectivity index (χ4n) is 2.20. The highest BCUT2D eigenvalue weighted by atomic mass is 16.3. The second-order valence-electron chi connectivity index (χ2n) is 5.10. The van der Waals surface area contributed by atoms with Gasteiger partial charge in [0.25, 0.3) is 0 Å². The summed E-state index contributed by atoms with van der Waals surface area (Å²) in [6.07, 6.45) is 4.02. The van der Waals surface area contributed by atoms with E-state index in [-0.39, 0.29) is 36.4 Å². The van der Waals surface area contributed by atoms with Gasteiger partial charge in [0.15, 0.2) is 0 Å². The quantitative estimate of drug-likeness (QED) is 0.661. The first-order chi connectivity index (χ1) is 7.56. The zero-order valence-corrected chi connectivity index (χ0v) is 10.3. The molecule has 1 aliphatic rings. The van der Waals surface area contributed by atoms with Crippen LogP contribution in [0.5, 0.6) is 0 Å². The highest BCUT2D eigenvalue weighted by Crippen LogP contribution is 2.23. The predicted octanol–water partition coefficient (Wildman–Crippen LogP) is 0.637. The molecule has 0 aromatic heterocycles. The molecular formula is C12H24N2O2. The van der Waals surface area contributed by atoms with Gasteiger partial charge in [0.05, 0.1) is 18.6 Å². The van der Waals surface area contributed by atoms with Gasteiger partial charge in [0.1, 0.15) is 0 Å². The van der Waals surface area contributed by atoms with Crippen molar-refractivity contribution in [2.24, 2.45) is 17.6 Å². The summed E-state index contributed by atoms with van der Waals surface area (Å²) in [5, 5.41) is 12.1. The maximum absolute atomic E-state index is 12.0. The van der Waals surface area contributed by atoms with Crippen LogP contribution in [0.2, 0.25) is 0 Å². The van der Waals surface area contributed by atoms with E-state index in [1.54, 1.807) is 0 Å². The topological polar surface area (TPSA) is 75.3 Å². The number of nitrogens with two attached hydrogens (primary N) is 1. The lowest BCUT2D eigenvalue weighted by molar-refractivity contribution is -0.127. The van der Waals surface area contributed by atoms with Gasteiger partial charge in [0, 0.05) is 6.04 Å². The van der Waals surface area contributed by atoms with Crippen molar-refractivity contribution in [2.45, 2.75) is 51.6 Å². The summed E-state index contributed by atoms with van der Waals surface area (Å²) in [6, 6.07) is -0.165. The van der Waals surface area contributed by atoms with E-state index in [0.717, 1.165) is 25.7 Å². The molecule has 0 radical (unpaired) electrons. The van der Waals surface area contributed by atoms with Gasteiger partial charge in [-0.3, -0.25) is 4.79 Å². The van der Waals surface area contributed by atoms with Crippen LogP contribution in [0.15, 0.2) is 0 Å². The Morgan fingerprint density at radius 2 is 2.06 bits per heavy atom. The maximum atomic E-state index is 12.0. The summed E-state index contributed by atoms with van der Waals surface area (Å²) in [5.41, 5.74) is 5.95. The van der Waals surface area contributed by atoms with Crippen LogP contribution in [-0.4, -0.2) is 29.7 Å². The Morgan fingerprint density at radius 3 is 2.56 bits per heavy atom. The average Bonchev–Trinajstić information content (AvgIpc) is 2.25. The van der Waals surface area contributed by atoms with Gasteiger partial charge in [-0.05, 0) is 18.8 Å². The Labute approximate surface area is 97.6 Å². The maximum Gasteiger partial charge on any atom is 0.224 e. The molecular weight excluding hydrogens is 204 g/mol. The minimum absolute atomic E-state index is 0.00857. The van der Waals surface area contributed by atoms with E-state index in [1.807, 2.05) is 13.8 Å². The number of nitrogens with one attached hydrogen (secondary N) is 1.